The molecule has 7 heteroatoms. The molecule has 0 amide bonds. The maximum Gasteiger partial charge on any atom is 0.222 e. The molecular weight excluding hydrogens is 242 g/mol. The van der Waals surface area contributed by atoms with E-state index in [1.165, 1.54) is 6.20 Å². The highest BCUT2D eigenvalue weighted by Crippen LogP contribution is 2.17. The summed E-state index contributed by atoms with van der Waals surface area (Å²) in [5.41, 5.74) is 5.49. The Morgan fingerprint density at radius 3 is 3.00 bits per heavy atom. The third-order valence-corrected chi connectivity index (χ3v) is 2.86. The van der Waals surface area contributed by atoms with Gasteiger partial charge in [0.15, 0.2) is 5.82 Å². The van der Waals surface area contributed by atoms with Crippen molar-refractivity contribution in [3.8, 4) is 0 Å². The molecule has 0 bridgehead atoms. The highest BCUT2D eigenvalue weighted by Gasteiger charge is 2.10. The Hall–Kier alpha value is -1.11. The van der Waals surface area contributed by atoms with E-state index < -0.39 is 0 Å². The summed E-state index contributed by atoms with van der Waals surface area (Å²) in [5.74, 6) is 0.815. The van der Waals surface area contributed by atoms with E-state index >= 15 is 0 Å². The minimum absolute atomic E-state index is 0.225. The van der Waals surface area contributed by atoms with Crippen molar-refractivity contribution in [2.75, 3.05) is 50.4 Å². The Bertz CT molecular complexity index is 370. The van der Waals surface area contributed by atoms with Gasteiger partial charge < -0.3 is 15.8 Å². The van der Waals surface area contributed by atoms with Gasteiger partial charge >= 0.3 is 0 Å². The van der Waals surface area contributed by atoms with Crippen molar-refractivity contribution in [3.05, 3.63) is 11.2 Å². The van der Waals surface area contributed by atoms with Crippen LogP contribution in [-0.2, 0) is 4.74 Å². The van der Waals surface area contributed by atoms with Crippen molar-refractivity contribution in [1.29, 1.82) is 0 Å². The number of aromatic nitrogens is 2. The Balaban J connectivity index is 1.79. The van der Waals surface area contributed by atoms with Gasteiger partial charge in [0.1, 0.15) is 5.02 Å². The van der Waals surface area contributed by atoms with Crippen LogP contribution in [0.3, 0.4) is 0 Å². The van der Waals surface area contributed by atoms with Gasteiger partial charge in [0, 0.05) is 26.2 Å². The standard InChI is InChI=1S/C10H16ClN5O/c11-8-7-14-10(12)15-9(8)13-1-2-16-3-5-17-6-4-16/h7H,1-6H2,(H3,12,13,14,15). The van der Waals surface area contributed by atoms with Crippen LogP contribution >= 0.6 is 11.6 Å². The summed E-state index contributed by atoms with van der Waals surface area (Å²) in [4.78, 5) is 10.2. The second kappa shape index (κ2) is 6.00. The van der Waals surface area contributed by atoms with Gasteiger partial charge in [0.25, 0.3) is 0 Å². The van der Waals surface area contributed by atoms with Crippen LogP contribution in [0.2, 0.25) is 5.02 Å². The molecule has 1 saturated heterocycles. The SMILES string of the molecule is Nc1ncc(Cl)c(NCCN2CCOCC2)n1. The third-order valence-electron chi connectivity index (χ3n) is 2.59. The van der Waals surface area contributed by atoms with Crippen molar-refractivity contribution >= 4 is 23.4 Å². The molecule has 1 aliphatic rings. The number of ether oxygens (including phenoxy) is 1. The lowest BCUT2D eigenvalue weighted by Crippen LogP contribution is -2.39. The van der Waals surface area contributed by atoms with E-state index in [1.54, 1.807) is 0 Å². The highest BCUT2D eigenvalue weighted by atomic mass is 35.5. The summed E-state index contributed by atoms with van der Waals surface area (Å²) in [6.07, 6.45) is 1.50. The number of nitrogen functional groups attached to an aromatic ring is 1. The molecule has 6 nitrogen and oxygen atoms in total. The monoisotopic (exact) mass is 257 g/mol. The maximum absolute atomic E-state index is 5.94. The lowest BCUT2D eigenvalue weighted by molar-refractivity contribution is 0.0398. The van der Waals surface area contributed by atoms with Crippen LogP contribution in [0.15, 0.2) is 6.20 Å². The summed E-state index contributed by atoms with van der Waals surface area (Å²) < 4.78 is 5.28. The number of nitrogens with zero attached hydrogens (tertiary/aromatic N) is 3. The molecule has 1 aromatic heterocycles. The molecule has 1 aromatic rings. The van der Waals surface area contributed by atoms with Crippen LogP contribution in [0.5, 0.6) is 0 Å². The van der Waals surface area contributed by atoms with Crippen molar-refractivity contribution in [1.82, 2.24) is 14.9 Å². The van der Waals surface area contributed by atoms with Crippen LogP contribution in [0.25, 0.3) is 0 Å². The van der Waals surface area contributed by atoms with Crippen LogP contribution in [0.4, 0.5) is 11.8 Å². The number of rotatable bonds is 4. The van der Waals surface area contributed by atoms with Gasteiger partial charge in [0.05, 0.1) is 19.4 Å². The number of hydrogen-bond donors (Lipinski definition) is 2. The molecule has 0 aliphatic carbocycles. The second-order valence-electron chi connectivity index (χ2n) is 3.81. The quantitative estimate of drug-likeness (QED) is 0.816. The smallest absolute Gasteiger partial charge is 0.222 e. The van der Waals surface area contributed by atoms with Crippen molar-refractivity contribution in [2.45, 2.75) is 0 Å². The average Bonchev–Trinajstić information content (AvgIpc) is 2.35. The molecule has 0 radical (unpaired) electrons. The van der Waals surface area contributed by atoms with Gasteiger partial charge in [-0.2, -0.15) is 4.98 Å². The molecule has 1 aliphatic heterocycles. The van der Waals surface area contributed by atoms with E-state index in [4.69, 9.17) is 22.1 Å². The summed E-state index contributed by atoms with van der Waals surface area (Å²) in [7, 11) is 0. The van der Waals surface area contributed by atoms with Crippen molar-refractivity contribution < 1.29 is 4.74 Å². The zero-order valence-corrected chi connectivity index (χ0v) is 10.3. The van der Waals surface area contributed by atoms with Crippen LogP contribution in [0, 0.1) is 0 Å². The molecule has 1 fully saturated rings. The Morgan fingerprint density at radius 2 is 2.24 bits per heavy atom. The molecule has 0 atom stereocenters. The molecule has 0 spiro atoms. The zero-order valence-electron chi connectivity index (χ0n) is 9.53. The predicted octanol–water partition coefficient (Wildman–Crippen LogP) is 0.456. The number of halogens is 1. The first-order valence-corrected chi connectivity index (χ1v) is 5.95. The van der Waals surface area contributed by atoms with Gasteiger partial charge in [0.2, 0.25) is 5.95 Å². The average molecular weight is 258 g/mol. The number of nitrogens with two attached hydrogens (primary N) is 1. The van der Waals surface area contributed by atoms with Gasteiger partial charge in [-0.25, -0.2) is 4.98 Å². The largest absolute Gasteiger partial charge is 0.379 e. The van der Waals surface area contributed by atoms with E-state index in [-0.39, 0.29) is 5.95 Å². The molecular formula is C10H16ClN5O. The minimum atomic E-state index is 0.225. The molecule has 94 valence electrons. The number of morpholine rings is 1. The molecule has 2 heterocycles. The first-order chi connectivity index (χ1) is 8.25. The second-order valence-corrected chi connectivity index (χ2v) is 4.21. The van der Waals surface area contributed by atoms with Crippen molar-refractivity contribution in [3.63, 3.8) is 0 Å². The highest BCUT2D eigenvalue weighted by molar-refractivity contribution is 6.32. The van der Waals surface area contributed by atoms with Gasteiger partial charge in [-0.1, -0.05) is 11.6 Å². The lowest BCUT2D eigenvalue weighted by atomic mass is 10.4. The van der Waals surface area contributed by atoms with E-state index in [1.807, 2.05) is 0 Å². The fraction of sp³-hybridized carbons (Fsp3) is 0.600. The maximum atomic E-state index is 5.94. The normalized spacial score (nSPS) is 17.0. The fourth-order valence-corrected chi connectivity index (χ4v) is 1.82. The molecule has 17 heavy (non-hydrogen) atoms. The predicted molar refractivity (Wildman–Crippen MR) is 67.2 cm³/mol. The van der Waals surface area contributed by atoms with E-state index in [0.29, 0.717) is 10.8 Å². The van der Waals surface area contributed by atoms with Crippen LogP contribution in [-0.4, -0.2) is 54.3 Å². The summed E-state index contributed by atoms with van der Waals surface area (Å²) in [6.45, 7) is 5.27. The van der Waals surface area contributed by atoms with Crippen LogP contribution < -0.4 is 11.1 Å². The summed E-state index contributed by atoms with van der Waals surface area (Å²) >= 11 is 5.94. The van der Waals surface area contributed by atoms with Crippen LogP contribution in [0.1, 0.15) is 0 Å². The first kappa shape index (κ1) is 12.3. The van der Waals surface area contributed by atoms with Gasteiger partial charge in [-0.05, 0) is 0 Å². The molecule has 3 N–H and O–H groups in total. The molecule has 0 unspecified atom stereocenters. The number of hydrogen-bond acceptors (Lipinski definition) is 6. The van der Waals surface area contributed by atoms with E-state index in [2.05, 4.69) is 20.2 Å². The molecule has 0 saturated carbocycles. The zero-order chi connectivity index (χ0) is 12.1. The first-order valence-electron chi connectivity index (χ1n) is 5.57. The topological polar surface area (TPSA) is 76.3 Å². The Kier molecular flexibility index (Phi) is 4.36. The summed E-state index contributed by atoms with van der Waals surface area (Å²) in [6, 6.07) is 0. The molecule has 0 aromatic carbocycles. The van der Waals surface area contributed by atoms with E-state index in [9.17, 15) is 0 Å². The van der Waals surface area contributed by atoms with Gasteiger partial charge in [-0.15, -0.1) is 0 Å². The third kappa shape index (κ3) is 3.69. The summed E-state index contributed by atoms with van der Waals surface area (Å²) in [5, 5.41) is 3.64. The Morgan fingerprint density at radius 1 is 1.47 bits per heavy atom. The van der Waals surface area contributed by atoms with E-state index in [0.717, 1.165) is 39.4 Å². The Labute approximate surface area is 105 Å². The number of anilines is 2. The molecule has 2 rings (SSSR count). The minimum Gasteiger partial charge on any atom is -0.379 e. The number of nitrogens with one attached hydrogen (secondary N) is 1. The fourth-order valence-electron chi connectivity index (χ4n) is 1.66. The lowest BCUT2D eigenvalue weighted by Gasteiger charge is -2.26. The van der Waals surface area contributed by atoms with Crippen molar-refractivity contribution in [2.24, 2.45) is 0 Å². The van der Waals surface area contributed by atoms with Gasteiger partial charge in [-0.3, -0.25) is 4.90 Å².